The van der Waals surface area contributed by atoms with Crippen LogP contribution in [0.1, 0.15) is 61.5 Å². The van der Waals surface area contributed by atoms with Gasteiger partial charge in [0.05, 0.1) is 18.3 Å². The SMILES string of the molecule is C[C@]1(C(=O)NC2CCCCCC2)Cn2c(cc3occc32)C(=O)N1Cc1ccccc1Cl. The van der Waals surface area contributed by atoms with Crippen molar-refractivity contribution in [1.29, 1.82) is 0 Å². The van der Waals surface area contributed by atoms with Crippen LogP contribution in [-0.2, 0) is 17.9 Å². The van der Waals surface area contributed by atoms with E-state index in [1.54, 1.807) is 17.2 Å². The van der Waals surface area contributed by atoms with Gasteiger partial charge < -0.3 is 19.2 Å². The highest BCUT2D eigenvalue weighted by Gasteiger charge is 2.48. The fraction of sp³-hybridized carbons (Fsp3) is 0.440. The molecule has 1 fully saturated rings. The van der Waals surface area contributed by atoms with Crippen LogP contribution >= 0.6 is 11.6 Å². The van der Waals surface area contributed by atoms with E-state index >= 15 is 0 Å². The predicted octanol–water partition coefficient (Wildman–Crippen LogP) is 5.14. The van der Waals surface area contributed by atoms with Gasteiger partial charge in [0.25, 0.3) is 5.91 Å². The number of carbonyl (C=O) groups is 2. The Hall–Kier alpha value is -2.73. The first-order chi connectivity index (χ1) is 15.5. The molecule has 2 amide bonds. The van der Waals surface area contributed by atoms with Crippen molar-refractivity contribution in [3.05, 3.63) is 58.9 Å². The van der Waals surface area contributed by atoms with Gasteiger partial charge in [0.2, 0.25) is 5.91 Å². The minimum Gasteiger partial charge on any atom is -0.463 e. The number of hydrogen-bond acceptors (Lipinski definition) is 3. The molecule has 32 heavy (non-hydrogen) atoms. The van der Waals surface area contributed by atoms with Crippen molar-refractivity contribution in [2.75, 3.05) is 0 Å². The summed E-state index contributed by atoms with van der Waals surface area (Å²) in [6.45, 7) is 2.49. The number of aromatic nitrogens is 1. The van der Waals surface area contributed by atoms with Gasteiger partial charge in [-0.25, -0.2) is 0 Å². The molecule has 1 aliphatic carbocycles. The van der Waals surface area contributed by atoms with Crippen LogP contribution in [0.5, 0.6) is 0 Å². The molecule has 2 aromatic heterocycles. The largest absolute Gasteiger partial charge is 0.463 e. The zero-order chi connectivity index (χ0) is 22.3. The smallest absolute Gasteiger partial charge is 0.271 e. The molecule has 7 heteroatoms. The van der Waals surface area contributed by atoms with Crippen molar-refractivity contribution in [2.24, 2.45) is 0 Å². The lowest BCUT2D eigenvalue weighted by Gasteiger charge is -2.44. The monoisotopic (exact) mass is 453 g/mol. The van der Waals surface area contributed by atoms with E-state index in [1.807, 2.05) is 41.8 Å². The van der Waals surface area contributed by atoms with Gasteiger partial charge in [-0.15, -0.1) is 0 Å². The van der Waals surface area contributed by atoms with Crippen molar-refractivity contribution in [1.82, 2.24) is 14.8 Å². The minimum absolute atomic E-state index is 0.110. The van der Waals surface area contributed by atoms with Gasteiger partial charge in [0.1, 0.15) is 11.2 Å². The maximum atomic E-state index is 13.8. The number of nitrogens with one attached hydrogen (secondary N) is 1. The summed E-state index contributed by atoms with van der Waals surface area (Å²) >= 11 is 6.43. The van der Waals surface area contributed by atoms with Crippen LogP contribution in [0.15, 0.2) is 47.1 Å². The van der Waals surface area contributed by atoms with Gasteiger partial charge in [0.15, 0.2) is 5.58 Å². The maximum absolute atomic E-state index is 13.8. The number of furan rings is 1. The Balaban J connectivity index is 1.53. The van der Waals surface area contributed by atoms with Gasteiger partial charge in [-0.05, 0) is 31.4 Å². The van der Waals surface area contributed by atoms with Gasteiger partial charge in [-0.1, -0.05) is 55.5 Å². The predicted molar refractivity (Wildman–Crippen MR) is 124 cm³/mol. The Bertz CT molecular complexity index is 1160. The number of benzene rings is 1. The first-order valence-electron chi connectivity index (χ1n) is 11.4. The average molecular weight is 454 g/mol. The number of halogens is 1. The first-order valence-corrected chi connectivity index (χ1v) is 11.8. The molecule has 1 aliphatic heterocycles. The first kappa shape index (κ1) is 21.1. The molecule has 168 valence electrons. The standard InChI is InChI=1S/C25H28ClN3O3/c1-25(24(31)27-18-9-4-2-3-5-10-18)16-28-20-12-13-32-22(20)14-21(28)23(30)29(25)15-17-8-6-7-11-19(17)26/h6-8,11-14,18H,2-5,9-10,15-16H2,1H3,(H,27,31)/t25-/m1/s1. The van der Waals surface area contributed by atoms with Gasteiger partial charge in [-0.3, -0.25) is 9.59 Å². The van der Waals surface area contributed by atoms with Crippen LogP contribution in [0.25, 0.3) is 11.1 Å². The highest BCUT2D eigenvalue weighted by atomic mass is 35.5. The Kier molecular flexibility index (Phi) is 5.49. The molecule has 5 rings (SSSR count). The van der Waals surface area contributed by atoms with E-state index in [1.165, 1.54) is 12.8 Å². The Morgan fingerprint density at radius 3 is 2.69 bits per heavy atom. The molecule has 0 saturated heterocycles. The van der Waals surface area contributed by atoms with E-state index in [4.69, 9.17) is 16.0 Å². The number of fused-ring (bicyclic) bond motifs is 3. The summed E-state index contributed by atoms with van der Waals surface area (Å²) in [7, 11) is 0. The second-order valence-electron chi connectivity index (χ2n) is 9.20. The van der Waals surface area contributed by atoms with Crippen LogP contribution in [0.2, 0.25) is 5.02 Å². The van der Waals surface area contributed by atoms with Crippen molar-refractivity contribution < 1.29 is 14.0 Å². The van der Waals surface area contributed by atoms with Crippen LogP contribution in [0.3, 0.4) is 0 Å². The maximum Gasteiger partial charge on any atom is 0.271 e. The minimum atomic E-state index is -1.06. The molecule has 0 spiro atoms. The average Bonchev–Trinajstić information content (AvgIpc) is 3.27. The molecule has 1 saturated carbocycles. The number of rotatable bonds is 4. The second kappa shape index (κ2) is 8.32. The highest BCUT2D eigenvalue weighted by molar-refractivity contribution is 6.31. The zero-order valence-corrected chi connectivity index (χ0v) is 19.0. The molecule has 1 aromatic carbocycles. The van der Waals surface area contributed by atoms with E-state index in [9.17, 15) is 9.59 Å². The lowest BCUT2D eigenvalue weighted by molar-refractivity contribution is -0.134. The molecule has 2 aliphatic rings. The molecule has 6 nitrogen and oxygen atoms in total. The summed E-state index contributed by atoms with van der Waals surface area (Å²) in [6.07, 6.45) is 8.27. The topological polar surface area (TPSA) is 67.5 Å². The van der Waals surface area contributed by atoms with Gasteiger partial charge in [0, 0.05) is 29.7 Å². The Labute approximate surface area is 192 Å². The number of hydrogen-bond donors (Lipinski definition) is 1. The summed E-state index contributed by atoms with van der Waals surface area (Å²) in [5.74, 6) is -0.304. The summed E-state index contributed by atoms with van der Waals surface area (Å²) in [6, 6.07) is 11.2. The second-order valence-corrected chi connectivity index (χ2v) is 9.61. The van der Waals surface area contributed by atoms with E-state index < -0.39 is 5.54 Å². The third-order valence-electron chi connectivity index (χ3n) is 7.01. The molecule has 0 bridgehead atoms. The van der Waals surface area contributed by atoms with Crippen LogP contribution in [0.4, 0.5) is 0 Å². The molecular formula is C25H28ClN3O3. The van der Waals surface area contributed by atoms with E-state index in [-0.39, 0.29) is 24.4 Å². The van der Waals surface area contributed by atoms with Gasteiger partial charge in [-0.2, -0.15) is 0 Å². The molecule has 3 heterocycles. The van der Waals surface area contributed by atoms with Crippen molar-refractivity contribution in [3.63, 3.8) is 0 Å². The molecule has 0 unspecified atom stereocenters. The fourth-order valence-electron chi connectivity index (χ4n) is 5.08. The molecule has 1 N–H and O–H groups in total. The summed E-state index contributed by atoms with van der Waals surface area (Å²) in [5.41, 5.74) is 1.78. The Morgan fingerprint density at radius 1 is 1.19 bits per heavy atom. The van der Waals surface area contributed by atoms with Gasteiger partial charge >= 0.3 is 0 Å². The lowest BCUT2D eigenvalue weighted by Crippen LogP contribution is -2.64. The zero-order valence-electron chi connectivity index (χ0n) is 18.3. The number of amides is 2. The number of nitrogens with zero attached hydrogens (tertiary/aromatic N) is 2. The van der Waals surface area contributed by atoms with Crippen molar-refractivity contribution in [3.8, 4) is 0 Å². The van der Waals surface area contributed by atoms with Crippen molar-refractivity contribution >= 4 is 34.5 Å². The van der Waals surface area contributed by atoms with Crippen LogP contribution in [-0.4, -0.2) is 32.9 Å². The van der Waals surface area contributed by atoms with E-state index in [0.717, 1.165) is 36.8 Å². The number of carbonyl (C=O) groups excluding carboxylic acids is 2. The van der Waals surface area contributed by atoms with Crippen molar-refractivity contribution in [2.45, 2.75) is 70.1 Å². The van der Waals surface area contributed by atoms with Crippen LogP contribution in [0, 0.1) is 0 Å². The summed E-state index contributed by atoms with van der Waals surface area (Å²) in [4.78, 5) is 29.1. The third-order valence-corrected chi connectivity index (χ3v) is 7.38. The highest BCUT2D eigenvalue weighted by Crippen LogP contribution is 2.35. The fourth-order valence-corrected chi connectivity index (χ4v) is 5.28. The summed E-state index contributed by atoms with van der Waals surface area (Å²) < 4.78 is 7.46. The van der Waals surface area contributed by atoms with Crippen LogP contribution < -0.4 is 5.32 Å². The lowest BCUT2D eigenvalue weighted by atomic mass is 9.93. The molecule has 0 radical (unpaired) electrons. The van der Waals surface area contributed by atoms with E-state index in [2.05, 4.69) is 5.32 Å². The normalized spacial score (nSPS) is 22.1. The quantitative estimate of drug-likeness (QED) is 0.556. The third kappa shape index (κ3) is 3.60. The van der Waals surface area contributed by atoms with E-state index in [0.29, 0.717) is 22.8 Å². The molecule has 3 aromatic rings. The Morgan fingerprint density at radius 2 is 1.94 bits per heavy atom. The molecule has 1 atom stereocenters. The summed E-state index contributed by atoms with van der Waals surface area (Å²) in [5, 5.41) is 3.87. The molecular weight excluding hydrogens is 426 g/mol.